The van der Waals surface area contributed by atoms with Crippen LogP contribution in [0.25, 0.3) is 21.9 Å². The van der Waals surface area contributed by atoms with E-state index in [9.17, 15) is 9.90 Å². The van der Waals surface area contributed by atoms with Gasteiger partial charge in [0.25, 0.3) is 0 Å². The Morgan fingerprint density at radius 3 is 2.27 bits per heavy atom. The van der Waals surface area contributed by atoms with Crippen LogP contribution in [0.1, 0.15) is 33.3 Å². The van der Waals surface area contributed by atoms with E-state index in [0.717, 1.165) is 11.1 Å². The summed E-state index contributed by atoms with van der Waals surface area (Å²) in [6.45, 7) is -0.106. The summed E-state index contributed by atoms with van der Waals surface area (Å²) in [5.41, 5.74) is 2.47. The Labute approximate surface area is 298 Å². The minimum atomic E-state index is -1.17. The van der Waals surface area contributed by atoms with Crippen LogP contribution in [0.4, 0.5) is 0 Å². The maximum absolute atomic E-state index is 13.8. The lowest BCUT2D eigenvalue weighted by molar-refractivity contribution is -0.166. The number of rotatable bonds is 10. The second-order valence-corrected chi connectivity index (χ2v) is 12.8. The number of benzene rings is 5. The first-order valence-electron chi connectivity index (χ1n) is 16.8. The minimum absolute atomic E-state index is 0.0201. The van der Waals surface area contributed by atoms with Gasteiger partial charge >= 0.3 is 5.97 Å². The Bertz CT molecular complexity index is 2170. The van der Waals surface area contributed by atoms with E-state index in [-0.39, 0.29) is 38.8 Å². The number of hydrogen-bond donors (Lipinski definition) is 1. The smallest absolute Gasteiger partial charge is 0.339 e. The molecule has 0 saturated carbocycles. The Morgan fingerprint density at radius 1 is 0.827 bits per heavy atom. The summed E-state index contributed by atoms with van der Waals surface area (Å²) in [5.74, 6) is 2.14. The van der Waals surface area contributed by atoms with E-state index in [1.54, 1.807) is 32.4 Å². The Morgan fingerprint density at radius 2 is 1.54 bits per heavy atom. The molecule has 0 spiro atoms. The number of carbonyl (C=O) groups excluding carboxylic acids is 1. The average Bonchev–Trinajstić information content (AvgIpc) is 3.98. The Hall–Kier alpha value is -5.53. The molecule has 1 N–H and O–H groups in total. The number of methoxy groups -OCH3 is 2. The van der Waals surface area contributed by atoms with Gasteiger partial charge in [0, 0.05) is 33.7 Å². The van der Waals surface area contributed by atoms with Gasteiger partial charge in [0.1, 0.15) is 24.7 Å². The SMILES string of the molecule is COc1cc2c(O[C@H]3OC[C@@]4(CO)OC(c5ccccc5)O[C@@H]34)c3c(c(-c4cc5c(cc4OCc4ccccc4)OCO5)c2cc1OC)C(=O)OC3. The highest BCUT2D eigenvalue weighted by molar-refractivity contribution is 6.14. The first kappa shape index (κ1) is 32.4. The summed E-state index contributed by atoms with van der Waals surface area (Å²) in [4.78, 5) is 13.8. The third kappa shape index (κ3) is 5.25. The Balaban J connectivity index is 1.20. The first-order valence-corrected chi connectivity index (χ1v) is 16.8. The number of esters is 1. The molecule has 12 heteroatoms. The summed E-state index contributed by atoms with van der Waals surface area (Å²) in [7, 11) is 3.08. The van der Waals surface area contributed by atoms with Crippen LogP contribution in [0, 0.1) is 0 Å². The van der Waals surface area contributed by atoms with Gasteiger partial charge in [-0.05, 0) is 29.1 Å². The van der Waals surface area contributed by atoms with Crippen LogP contribution >= 0.6 is 0 Å². The fraction of sp³-hybridized carbons (Fsp3) is 0.275. The highest BCUT2D eigenvalue weighted by Gasteiger charge is 2.60. The molecule has 2 saturated heterocycles. The minimum Gasteiger partial charge on any atom is -0.493 e. The van der Waals surface area contributed by atoms with Gasteiger partial charge < -0.3 is 52.5 Å². The van der Waals surface area contributed by atoms with Crippen molar-refractivity contribution in [2.75, 3.05) is 34.2 Å². The number of fused-ring (bicyclic) bond motifs is 4. The molecule has 0 bridgehead atoms. The van der Waals surface area contributed by atoms with Crippen molar-refractivity contribution >= 4 is 16.7 Å². The van der Waals surface area contributed by atoms with Crippen molar-refractivity contribution in [3.63, 3.8) is 0 Å². The zero-order valence-corrected chi connectivity index (χ0v) is 28.3. The summed E-state index contributed by atoms with van der Waals surface area (Å²) in [6.07, 6.45) is -2.57. The summed E-state index contributed by atoms with van der Waals surface area (Å²) >= 11 is 0. The average molecular weight is 707 g/mol. The normalized spacial score (nSPS) is 22.6. The molecule has 12 nitrogen and oxygen atoms in total. The van der Waals surface area contributed by atoms with Crippen LogP contribution in [-0.4, -0.2) is 63.3 Å². The maximum Gasteiger partial charge on any atom is 0.339 e. The van der Waals surface area contributed by atoms with Crippen molar-refractivity contribution in [2.24, 2.45) is 0 Å². The third-order valence-corrected chi connectivity index (χ3v) is 9.84. The van der Waals surface area contributed by atoms with E-state index in [1.165, 1.54) is 0 Å². The lowest BCUT2D eigenvalue weighted by atomic mass is 9.88. The van der Waals surface area contributed by atoms with Crippen molar-refractivity contribution in [3.05, 3.63) is 107 Å². The van der Waals surface area contributed by atoms with Crippen molar-refractivity contribution in [1.82, 2.24) is 0 Å². The predicted octanol–water partition coefficient (Wildman–Crippen LogP) is 6.08. The van der Waals surface area contributed by atoms with Gasteiger partial charge in [-0.3, -0.25) is 0 Å². The van der Waals surface area contributed by atoms with Crippen molar-refractivity contribution in [2.45, 2.75) is 37.5 Å². The molecule has 0 amide bonds. The first-order chi connectivity index (χ1) is 25.5. The van der Waals surface area contributed by atoms with Gasteiger partial charge in [0.05, 0.1) is 33.0 Å². The second kappa shape index (κ2) is 12.9. The highest BCUT2D eigenvalue weighted by atomic mass is 16.8. The third-order valence-electron chi connectivity index (χ3n) is 9.84. The topological polar surface area (TPSA) is 130 Å². The van der Waals surface area contributed by atoms with Crippen molar-refractivity contribution < 1.29 is 57.3 Å². The zero-order valence-electron chi connectivity index (χ0n) is 28.3. The van der Waals surface area contributed by atoms with Crippen LogP contribution in [0.15, 0.2) is 84.9 Å². The van der Waals surface area contributed by atoms with E-state index < -0.39 is 30.3 Å². The fourth-order valence-electron chi connectivity index (χ4n) is 7.24. The number of ether oxygens (including phenoxy) is 10. The molecule has 4 aliphatic rings. The molecule has 5 aromatic carbocycles. The van der Waals surface area contributed by atoms with E-state index in [2.05, 4.69) is 0 Å². The molecule has 0 aliphatic carbocycles. The standard InChI is InChI=1S/C40H34O12/c1-43-29-13-24-25(14-30(29)44-2)35(50-39-36-40(19-41,20-47-39)52-38(51-36)23-11-7-4-8-12-23)27-18-46-37(42)34(27)33(24)26-15-31-32(49-21-48-31)16-28(26)45-17-22-9-5-3-6-10-22/h3-16,36,38-39,41H,17-21H2,1-2H3/t36-,38?,39+,40+/m0/s1. The predicted molar refractivity (Wildman–Crippen MR) is 184 cm³/mol. The van der Waals surface area contributed by atoms with Crippen LogP contribution in [0.5, 0.6) is 34.5 Å². The van der Waals surface area contributed by atoms with Gasteiger partial charge in [-0.1, -0.05) is 60.7 Å². The molecule has 1 unspecified atom stereocenters. The van der Waals surface area contributed by atoms with Gasteiger partial charge in [-0.15, -0.1) is 0 Å². The second-order valence-electron chi connectivity index (χ2n) is 12.8. The quantitative estimate of drug-likeness (QED) is 0.169. The van der Waals surface area contributed by atoms with Crippen LogP contribution in [-0.2, 0) is 32.2 Å². The molecule has 2 fully saturated rings. The number of hydrogen-bond acceptors (Lipinski definition) is 12. The van der Waals surface area contributed by atoms with E-state index in [1.807, 2.05) is 66.7 Å². The van der Waals surface area contributed by atoms with Crippen LogP contribution in [0.3, 0.4) is 0 Å². The number of aliphatic hydroxyl groups is 1. The highest BCUT2D eigenvalue weighted by Crippen LogP contribution is 2.53. The number of aliphatic hydroxyl groups excluding tert-OH is 1. The zero-order chi connectivity index (χ0) is 35.4. The monoisotopic (exact) mass is 706 g/mol. The number of carbonyl (C=O) groups is 1. The molecule has 5 aromatic rings. The molecule has 4 heterocycles. The molecule has 4 atom stereocenters. The largest absolute Gasteiger partial charge is 0.493 e. The van der Waals surface area contributed by atoms with Crippen molar-refractivity contribution in [1.29, 1.82) is 0 Å². The summed E-state index contributed by atoms with van der Waals surface area (Å²) < 4.78 is 60.8. The Kier molecular flexibility index (Phi) is 8.04. The fourth-order valence-corrected chi connectivity index (χ4v) is 7.24. The molecular weight excluding hydrogens is 672 g/mol. The molecular formula is C40H34O12. The van der Waals surface area contributed by atoms with Gasteiger partial charge in [-0.25, -0.2) is 4.79 Å². The van der Waals surface area contributed by atoms with E-state index in [4.69, 9.17) is 47.4 Å². The lowest BCUT2D eigenvalue weighted by Gasteiger charge is -2.25. The van der Waals surface area contributed by atoms with E-state index >= 15 is 0 Å². The van der Waals surface area contributed by atoms with Crippen LogP contribution in [0.2, 0.25) is 0 Å². The molecule has 0 radical (unpaired) electrons. The van der Waals surface area contributed by atoms with Crippen LogP contribution < -0.4 is 28.4 Å². The molecule has 4 aliphatic heterocycles. The molecule has 0 aromatic heterocycles. The molecule has 9 rings (SSSR count). The molecule has 52 heavy (non-hydrogen) atoms. The van der Waals surface area contributed by atoms with Crippen molar-refractivity contribution in [3.8, 4) is 45.6 Å². The van der Waals surface area contributed by atoms with Gasteiger partial charge in [0.15, 0.2) is 41.0 Å². The lowest BCUT2D eigenvalue weighted by Crippen LogP contribution is -2.45. The van der Waals surface area contributed by atoms with Gasteiger partial charge in [-0.2, -0.15) is 0 Å². The number of cyclic esters (lactones) is 1. The maximum atomic E-state index is 13.8. The summed E-state index contributed by atoms with van der Waals surface area (Å²) in [6, 6.07) is 26.4. The molecule has 266 valence electrons. The van der Waals surface area contributed by atoms with E-state index in [0.29, 0.717) is 62.0 Å². The van der Waals surface area contributed by atoms with Gasteiger partial charge in [0.2, 0.25) is 13.1 Å². The summed E-state index contributed by atoms with van der Waals surface area (Å²) in [5, 5.41) is 11.7.